The van der Waals surface area contributed by atoms with Crippen LogP contribution in [-0.2, 0) is 4.79 Å². The number of benzene rings is 3. The van der Waals surface area contributed by atoms with E-state index in [1.165, 1.54) is 0 Å². The summed E-state index contributed by atoms with van der Waals surface area (Å²) in [4.78, 5) is 12.8. The van der Waals surface area contributed by atoms with E-state index in [9.17, 15) is 4.79 Å². The molecule has 0 aliphatic heterocycles. The predicted molar refractivity (Wildman–Crippen MR) is 110 cm³/mol. The van der Waals surface area contributed by atoms with Crippen molar-refractivity contribution >= 4 is 23.2 Å². The molecule has 0 heterocycles. The molecule has 128 valence electrons. The fourth-order valence-electron chi connectivity index (χ4n) is 2.58. The first-order chi connectivity index (χ1) is 12.7. The quantitative estimate of drug-likeness (QED) is 0.467. The fourth-order valence-corrected chi connectivity index (χ4v) is 2.58. The van der Waals surface area contributed by atoms with E-state index < -0.39 is 0 Å². The van der Waals surface area contributed by atoms with Gasteiger partial charge in [0, 0.05) is 11.3 Å². The fraction of sp³-hybridized carbons (Fsp3) is 0.0417. The number of hydrogen-bond donors (Lipinski definition) is 1. The summed E-state index contributed by atoms with van der Waals surface area (Å²) in [7, 11) is 0. The lowest BCUT2D eigenvalue weighted by Crippen LogP contribution is -2.13. The second-order valence-electron chi connectivity index (χ2n) is 6.04. The molecule has 2 nitrogen and oxygen atoms in total. The van der Waals surface area contributed by atoms with Crippen LogP contribution in [0.25, 0.3) is 11.6 Å². The third kappa shape index (κ3) is 4.81. The van der Waals surface area contributed by atoms with Crippen LogP contribution in [0.1, 0.15) is 16.7 Å². The molecular weight excluding hydrogens is 318 g/mol. The molecular formula is C24H21NO. The summed E-state index contributed by atoms with van der Waals surface area (Å²) < 4.78 is 0. The number of aryl methyl sites for hydroxylation is 1. The highest BCUT2D eigenvalue weighted by molar-refractivity contribution is 6.25. The van der Waals surface area contributed by atoms with Gasteiger partial charge in [-0.25, -0.2) is 0 Å². The Morgan fingerprint density at radius 1 is 0.808 bits per heavy atom. The van der Waals surface area contributed by atoms with E-state index in [-0.39, 0.29) is 5.91 Å². The van der Waals surface area contributed by atoms with E-state index in [1.807, 2.05) is 110 Å². The highest BCUT2D eigenvalue weighted by Gasteiger charge is 2.11. The van der Waals surface area contributed by atoms with Crippen LogP contribution in [0.5, 0.6) is 0 Å². The van der Waals surface area contributed by atoms with Crippen LogP contribution in [-0.4, -0.2) is 5.91 Å². The summed E-state index contributed by atoms with van der Waals surface area (Å²) in [5, 5.41) is 2.98. The van der Waals surface area contributed by atoms with Crippen molar-refractivity contribution in [2.24, 2.45) is 0 Å². The van der Waals surface area contributed by atoms with E-state index in [1.54, 1.807) is 0 Å². The zero-order valence-corrected chi connectivity index (χ0v) is 14.7. The summed E-state index contributed by atoms with van der Waals surface area (Å²) in [5.74, 6) is -0.127. The molecule has 0 aromatic heterocycles. The zero-order valence-electron chi connectivity index (χ0n) is 14.7. The average Bonchev–Trinajstić information content (AvgIpc) is 2.68. The predicted octanol–water partition coefficient (Wildman–Crippen LogP) is 5.73. The molecule has 1 N–H and O–H groups in total. The topological polar surface area (TPSA) is 29.1 Å². The lowest BCUT2D eigenvalue weighted by molar-refractivity contribution is -0.111. The molecule has 0 saturated heterocycles. The van der Waals surface area contributed by atoms with Gasteiger partial charge in [-0.1, -0.05) is 90.5 Å². The number of carbonyl (C=O) groups excluding carboxylic acids is 1. The van der Waals surface area contributed by atoms with Crippen molar-refractivity contribution in [2.45, 2.75) is 6.92 Å². The first-order valence-electron chi connectivity index (χ1n) is 8.59. The van der Waals surface area contributed by atoms with Crippen LogP contribution in [0.4, 0.5) is 5.69 Å². The number of amides is 1. The molecule has 26 heavy (non-hydrogen) atoms. The first-order valence-corrected chi connectivity index (χ1v) is 8.59. The van der Waals surface area contributed by atoms with E-state index in [0.717, 1.165) is 22.4 Å². The van der Waals surface area contributed by atoms with E-state index in [2.05, 4.69) is 5.32 Å². The number of carbonyl (C=O) groups is 1. The Morgan fingerprint density at radius 3 is 2.08 bits per heavy atom. The van der Waals surface area contributed by atoms with Gasteiger partial charge >= 0.3 is 0 Å². The van der Waals surface area contributed by atoms with E-state index in [0.29, 0.717) is 5.57 Å². The SMILES string of the molecule is Cc1ccc(NC(=O)C(=CC=Cc2ccccc2)c2ccccc2)cc1. The molecule has 0 bridgehead atoms. The molecule has 0 saturated carbocycles. The summed E-state index contributed by atoms with van der Waals surface area (Å²) in [6.45, 7) is 2.02. The standard InChI is InChI=1S/C24H21NO/c1-19-15-17-22(18-16-19)25-24(26)23(21-12-6-3-7-13-21)14-8-11-20-9-4-2-5-10-20/h2-18H,1H3,(H,25,26). The molecule has 2 heteroatoms. The Hall–Kier alpha value is -3.39. The number of rotatable bonds is 5. The Bertz CT molecular complexity index is 907. The maximum Gasteiger partial charge on any atom is 0.256 e. The Morgan fingerprint density at radius 2 is 1.42 bits per heavy atom. The van der Waals surface area contributed by atoms with Gasteiger partial charge in [-0.15, -0.1) is 0 Å². The van der Waals surface area contributed by atoms with Crippen LogP contribution in [0.2, 0.25) is 0 Å². The molecule has 0 aliphatic carbocycles. The minimum absolute atomic E-state index is 0.127. The van der Waals surface area contributed by atoms with Crippen molar-refractivity contribution in [1.82, 2.24) is 0 Å². The van der Waals surface area contributed by atoms with Crippen LogP contribution < -0.4 is 5.32 Å². The van der Waals surface area contributed by atoms with Crippen LogP contribution >= 0.6 is 0 Å². The van der Waals surface area contributed by atoms with E-state index >= 15 is 0 Å². The highest BCUT2D eigenvalue weighted by Crippen LogP contribution is 2.18. The number of nitrogens with one attached hydrogen (secondary N) is 1. The maximum atomic E-state index is 12.8. The monoisotopic (exact) mass is 339 g/mol. The number of allylic oxidation sites excluding steroid dienone is 2. The smallest absolute Gasteiger partial charge is 0.256 e. The minimum atomic E-state index is -0.127. The number of anilines is 1. The van der Waals surface area contributed by atoms with E-state index in [4.69, 9.17) is 0 Å². The van der Waals surface area contributed by atoms with Crippen molar-refractivity contribution < 1.29 is 4.79 Å². The van der Waals surface area contributed by atoms with Gasteiger partial charge in [0.25, 0.3) is 5.91 Å². The molecule has 3 aromatic rings. The molecule has 0 aliphatic rings. The van der Waals surface area contributed by atoms with Gasteiger partial charge in [0.1, 0.15) is 0 Å². The van der Waals surface area contributed by atoms with Crippen molar-refractivity contribution in [2.75, 3.05) is 5.32 Å². The third-order valence-electron chi connectivity index (χ3n) is 3.99. The molecule has 3 rings (SSSR count). The Labute approximate surface area is 154 Å². The molecule has 3 aromatic carbocycles. The van der Waals surface area contributed by atoms with Crippen LogP contribution in [0, 0.1) is 6.92 Å². The van der Waals surface area contributed by atoms with Crippen molar-refractivity contribution in [1.29, 1.82) is 0 Å². The zero-order chi connectivity index (χ0) is 18.2. The Kier molecular flexibility index (Phi) is 5.79. The van der Waals surface area contributed by atoms with Crippen LogP contribution in [0.3, 0.4) is 0 Å². The average molecular weight is 339 g/mol. The number of hydrogen-bond acceptors (Lipinski definition) is 1. The summed E-state index contributed by atoms with van der Waals surface area (Å²) in [5.41, 5.74) is 4.55. The van der Waals surface area contributed by atoms with Crippen molar-refractivity contribution in [3.63, 3.8) is 0 Å². The van der Waals surface area contributed by atoms with Gasteiger partial charge in [0.2, 0.25) is 0 Å². The highest BCUT2D eigenvalue weighted by atomic mass is 16.1. The minimum Gasteiger partial charge on any atom is -0.322 e. The summed E-state index contributed by atoms with van der Waals surface area (Å²) in [6, 6.07) is 27.5. The maximum absolute atomic E-state index is 12.8. The lowest BCUT2D eigenvalue weighted by Gasteiger charge is -2.09. The molecule has 0 unspecified atom stereocenters. The Balaban J connectivity index is 1.85. The molecule has 0 fully saturated rings. The van der Waals surface area contributed by atoms with Gasteiger partial charge in [-0.05, 0) is 36.3 Å². The molecule has 1 amide bonds. The largest absolute Gasteiger partial charge is 0.322 e. The van der Waals surface area contributed by atoms with Crippen molar-refractivity contribution in [3.05, 3.63) is 114 Å². The van der Waals surface area contributed by atoms with Crippen LogP contribution in [0.15, 0.2) is 97.1 Å². The third-order valence-corrected chi connectivity index (χ3v) is 3.99. The second kappa shape index (κ2) is 8.63. The van der Waals surface area contributed by atoms with Gasteiger partial charge in [-0.2, -0.15) is 0 Å². The van der Waals surface area contributed by atoms with Gasteiger partial charge < -0.3 is 5.32 Å². The van der Waals surface area contributed by atoms with Gasteiger partial charge in [0.05, 0.1) is 0 Å². The first kappa shape index (κ1) is 17.4. The summed E-state index contributed by atoms with van der Waals surface area (Å²) >= 11 is 0. The second-order valence-corrected chi connectivity index (χ2v) is 6.04. The van der Waals surface area contributed by atoms with Crippen molar-refractivity contribution in [3.8, 4) is 0 Å². The molecule has 0 atom stereocenters. The van der Waals surface area contributed by atoms with Gasteiger partial charge in [-0.3, -0.25) is 4.79 Å². The lowest BCUT2D eigenvalue weighted by atomic mass is 10.0. The van der Waals surface area contributed by atoms with Gasteiger partial charge in [0.15, 0.2) is 0 Å². The normalized spacial score (nSPS) is 11.5. The molecule has 0 radical (unpaired) electrons. The summed E-state index contributed by atoms with van der Waals surface area (Å²) in [6.07, 6.45) is 5.75. The molecule has 0 spiro atoms.